The van der Waals surface area contributed by atoms with Gasteiger partial charge in [-0.1, -0.05) is 31.9 Å². The summed E-state index contributed by atoms with van der Waals surface area (Å²) in [7, 11) is 0. The highest BCUT2D eigenvalue weighted by atomic mass is 32.2. The van der Waals surface area contributed by atoms with Gasteiger partial charge in [0.05, 0.1) is 6.54 Å². The highest BCUT2D eigenvalue weighted by molar-refractivity contribution is 8.01. The smallest absolute Gasteiger partial charge is 0.303 e. The van der Waals surface area contributed by atoms with E-state index < -0.39 is 5.97 Å². The van der Waals surface area contributed by atoms with Gasteiger partial charge in [0.15, 0.2) is 0 Å². The second kappa shape index (κ2) is 12.9. The molecule has 0 aromatic heterocycles. The summed E-state index contributed by atoms with van der Waals surface area (Å²) in [6.45, 7) is 2.84. The third-order valence-electron chi connectivity index (χ3n) is 5.92. The third kappa shape index (κ3) is 8.41. The standard InChI is InChI=1S/C22H36N2O4S/c1-2-3-6-10-20(25)24-15-21(26)23-14-17-16(18-12-13-19(17)29-18)9-7-4-5-8-11-22(27)28/h4,7,16-19H,2-3,5-6,8-15H2,1H3,(H,23,26)(H,24,25)(H,27,28)/b7-4-. The van der Waals surface area contributed by atoms with Crippen LogP contribution in [0.25, 0.3) is 0 Å². The number of nitrogens with one attached hydrogen (secondary N) is 2. The summed E-state index contributed by atoms with van der Waals surface area (Å²) < 4.78 is 0. The molecule has 29 heavy (non-hydrogen) atoms. The van der Waals surface area contributed by atoms with Crippen LogP contribution in [-0.2, 0) is 14.4 Å². The van der Waals surface area contributed by atoms with Gasteiger partial charge in [0, 0.05) is 29.9 Å². The van der Waals surface area contributed by atoms with E-state index in [9.17, 15) is 14.4 Å². The van der Waals surface area contributed by atoms with Crippen molar-refractivity contribution in [3.05, 3.63) is 12.2 Å². The van der Waals surface area contributed by atoms with E-state index in [4.69, 9.17) is 5.11 Å². The molecule has 4 unspecified atom stereocenters. The molecule has 2 heterocycles. The average Bonchev–Trinajstić information content (AvgIpc) is 3.29. The van der Waals surface area contributed by atoms with Crippen LogP contribution in [0.2, 0.25) is 0 Å². The summed E-state index contributed by atoms with van der Waals surface area (Å²) in [4.78, 5) is 34.4. The van der Waals surface area contributed by atoms with E-state index in [0.717, 1.165) is 32.1 Å². The summed E-state index contributed by atoms with van der Waals surface area (Å²) >= 11 is 2.07. The second-order valence-corrected chi connectivity index (χ2v) is 9.63. The third-order valence-corrected chi connectivity index (χ3v) is 7.78. The molecule has 0 radical (unpaired) electrons. The van der Waals surface area contributed by atoms with Crippen LogP contribution in [0.15, 0.2) is 12.2 Å². The molecule has 2 rings (SSSR count). The first kappa shape index (κ1) is 23.8. The number of rotatable bonds is 14. The number of fused-ring (bicyclic) bond motifs is 2. The van der Waals surface area contributed by atoms with Crippen LogP contribution in [0, 0.1) is 11.8 Å². The number of allylic oxidation sites excluding steroid dienone is 2. The quantitative estimate of drug-likeness (QED) is 0.293. The Labute approximate surface area is 178 Å². The van der Waals surface area contributed by atoms with E-state index in [1.54, 1.807) is 0 Å². The van der Waals surface area contributed by atoms with Crippen LogP contribution in [0.3, 0.4) is 0 Å². The van der Waals surface area contributed by atoms with Crippen LogP contribution < -0.4 is 10.6 Å². The molecular weight excluding hydrogens is 388 g/mol. The van der Waals surface area contributed by atoms with E-state index in [1.807, 2.05) is 0 Å². The molecule has 6 nitrogen and oxygen atoms in total. The van der Waals surface area contributed by atoms with Gasteiger partial charge in [-0.15, -0.1) is 0 Å². The van der Waals surface area contributed by atoms with Crippen molar-refractivity contribution in [3.63, 3.8) is 0 Å². The minimum atomic E-state index is -0.740. The Morgan fingerprint density at radius 3 is 2.45 bits per heavy atom. The van der Waals surface area contributed by atoms with Crippen LogP contribution in [0.5, 0.6) is 0 Å². The predicted octanol–water partition coefficient (Wildman–Crippen LogP) is 3.51. The zero-order valence-corrected chi connectivity index (χ0v) is 18.3. The molecule has 3 N–H and O–H groups in total. The summed E-state index contributed by atoms with van der Waals surface area (Å²) in [6, 6.07) is 0. The summed E-state index contributed by atoms with van der Waals surface area (Å²) in [5, 5.41) is 15.7. The lowest BCUT2D eigenvalue weighted by atomic mass is 9.77. The van der Waals surface area contributed by atoms with Crippen LogP contribution in [0.1, 0.15) is 71.1 Å². The lowest BCUT2D eigenvalue weighted by Crippen LogP contribution is -2.42. The highest BCUT2D eigenvalue weighted by Gasteiger charge is 2.47. The molecule has 2 saturated heterocycles. The molecule has 2 aliphatic heterocycles. The molecule has 0 saturated carbocycles. The topological polar surface area (TPSA) is 95.5 Å². The lowest BCUT2D eigenvalue weighted by Gasteiger charge is -2.29. The second-order valence-electron chi connectivity index (χ2n) is 8.15. The van der Waals surface area contributed by atoms with Crippen molar-refractivity contribution in [2.75, 3.05) is 13.1 Å². The van der Waals surface area contributed by atoms with Gasteiger partial charge >= 0.3 is 5.97 Å². The van der Waals surface area contributed by atoms with Gasteiger partial charge in [0.2, 0.25) is 11.8 Å². The average molecular weight is 425 g/mol. The molecular formula is C22H36N2O4S. The number of thioether (sulfide) groups is 1. The maximum Gasteiger partial charge on any atom is 0.303 e. The Hall–Kier alpha value is -1.50. The van der Waals surface area contributed by atoms with Gasteiger partial charge in [-0.25, -0.2) is 0 Å². The monoisotopic (exact) mass is 424 g/mol. The normalized spacial score (nSPS) is 25.4. The van der Waals surface area contributed by atoms with Gasteiger partial charge in [-0.3, -0.25) is 14.4 Å². The lowest BCUT2D eigenvalue weighted by molar-refractivity contribution is -0.137. The van der Waals surface area contributed by atoms with Crippen molar-refractivity contribution in [1.29, 1.82) is 0 Å². The Bertz CT molecular complexity index is 581. The number of hydrogen-bond donors (Lipinski definition) is 3. The van der Waals surface area contributed by atoms with Gasteiger partial charge in [0.1, 0.15) is 0 Å². The SMILES string of the molecule is CCCCCC(=O)NCC(=O)NCC1C2CCC(S2)C1C/C=C\CCCC(=O)O. The number of carbonyl (C=O) groups excluding carboxylic acids is 2. The molecule has 0 aliphatic carbocycles. The highest BCUT2D eigenvalue weighted by Crippen LogP contribution is 2.54. The summed E-state index contributed by atoms with van der Waals surface area (Å²) in [5.41, 5.74) is 0. The van der Waals surface area contributed by atoms with E-state index in [-0.39, 0.29) is 24.8 Å². The van der Waals surface area contributed by atoms with E-state index >= 15 is 0 Å². The molecule has 2 amide bonds. The van der Waals surface area contributed by atoms with Gasteiger partial charge < -0.3 is 15.7 Å². The Morgan fingerprint density at radius 2 is 1.72 bits per heavy atom. The number of amides is 2. The first-order chi connectivity index (χ1) is 14.0. The van der Waals surface area contributed by atoms with Crippen molar-refractivity contribution in [2.45, 2.75) is 81.6 Å². The predicted molar refractivity (Wildman–Crippen MR) is 117 cm³/mol. The number of carboxylic acid groups (broad SMARTS) is 1. The number of hydrogen-bond acceptors (Lipinski definition) is 4. The molecule has 0 aromatic rings. The van der Waals surface area contributed by atoms with E-state index in [0.29, 0.717) is 41.7 Å². The van der Waals surface area contributed by atoms with Crippen molar-refractivity contribution in [1.82, 2.24) is 10.6 Å². The molecule has 0 aromatic carbocycles. The number of carbonyl (C=O) groups is 3. The fourth-order valence-electron chi connectivity index (χ4n) is 4.32. The summed E-state index contributed by atoms with van der Waals surface area (Å²) in [6.07, 6.45) is 13.0. The van der Waals surface area contributed by atoms with E-state index in [1.165, 1.54) is 12.8 Å². The first-order valence-electron chi connectivity index (χ1n) is 11.1. The minimum Gasteiger partial charge on any atom is -0.481 e. The van der Waals surface area contributed by atoms with Gasteiger partial charge in [-0.2, -0.15) is 11.8 Å². The van der Waals surface area contributed by atoms with E-state index in [2.05, 4.69) is 41.5 Å². The van der Waals surface area contributed by atoms with Gasteiger partial charge in [0.25, 0.3) is 0 Å². The molecule has 4 atom stereocenters. The maximum absolute atomic E-state index is 12.1. The van der Waals surface area contributed by atoms with Crippen LogP contribution >= 0.6 is 11.8 Å². The number of aliphatic carboxylic acids is 1. The Morgan fingerprint density at radius 1 is 0.966 bits per heavy atom. The number of carboxylic acids is 1. The fourth-order valence-corrected chi connectivity index (χ4v) is 6.33. The molecule has 2 fully saturated rings. The van der Waals surface area contributed by atoms with Crippen LogP contribution in [0.4, 0.5) is 0 Å². The zero-order chi connectivity index (χ0) is 21.1. The van der Waals surface area contributed by atoms with Crippen LogP contribution in [-0.4, -0.2) is 46.5 Å². The molecule has 7 heteroatoms. The molecule has 0 spiro atoms. The summed E-state index contributed by atoms with van der Waals surface area (Å²) in [5.74, 6) is 0.153. The largest absolute Gasteiger partial charge is 0.481 e. The Balaban J connectivity index is 1.68. The molecule has 164 valence electrons. The maximum atomic E-state index is 12.1. The van der Waals surface area contributed by atoms with Crippen molar-refractivity contribution >= 4 is 29.5 Å². The minimum absolute atomic E-state index is 0.0463. The zero-order valence-electron chi connectivity index (χ0n) is 17.5. The first-order valence-corrected chi connectivity index (χ1v) is 12.0. The van der Waals surface area contributed by atoms with Crippen molar-refractivity contribution in [3.8, 4) is 0 Å². The fraction of sp³-hybridized carbons (Fsp3) is 0.773. The van der Waals surface area contributed by atoms with Crippen molar-refractivity contribution in [2.24, 2.45) is 11.8 Å². The molecule has 2 bridgehead atoms. The Kier molecular flexibility index (Phi) is 10.6. The molecule has 2 aliphatic rings. The number of unbranched alkanes of at least 4 members (excludes halogenated alkanes) is 3. The van der Waals surface area contributed by atoms with Gasteiger partial charge in [-0.05, 0) is 50.4 Å². The van der Waals surface area contributed by atoms with Crippen molar-refractivity contribution < 1.29 is 19.5 Å².